The van der Waals surface area contributed by atoms with Crippen LogP contribution in [0.15, 0.2) is 46.9 Å². The van der Waals surface area contributed by atoms with Crippen LogP contribution in [0.25, 0.3) is 0 Å². The van der Waals surface area contributed by atoms with Gasteiger partial charge >= 0.3 is 6.36 Å². The van der Waals surface area contributed by atoms with E-state index in [1.54, 1.807) is 24.3 Å². The monoisotopic (exact) mass is 356 g/mol. The predicted octanol–water partition coefficient (Wildman–Crippen LogP) is 4.96. The number of halogens is 4. The highest BCUT2D eigenvalue weighted by Gasteiger charge is 2.31. The minimum absolute atomic E-state index is 0.330. The second-order valence-electron chi connectivity index (χ2n) is 4.00. The van der Waals surface area contributed by atoms with Crippen LogP contribution in [0.5, 0.6) is 5.75 Å². The maximum atomic E-state index is 12.2. The molecule has 1 N–H and O–H groups in total. The second-order valence-corrected chi connectivity index (χ2v) is 4.92. The highest BCUT2D eigenvalue weighted by molar-refractivity contribution is 9.10. The van der Waals surface area contributed by atoms with Crippen LogP contribution < -0.4 is 10.1 Å². The number of nitrogens with one attached hydrogen (secondary N) is 1. The van der Waals surface area contributed by atoms with Crippen molar-refractivity contribution in [3.63, 3.8) is 0 Å². The van der Waals surface area contributed by atoms with Crippen LogP contribution in [0.3, 0.4) is 0 Å². The standard InChI is InChI=1S/C14H8BrF3N2O/c15-10-4-5-13(9(6-10)8-19)20-11-2-1-3-12(7-11)21-14(16,17)18/h1-7,20H. The number of hydrogen-bond acceptors (Lipinski definition) is 3. The molecule has 0 atom stereocenters. The van der Waals surface area contributed by atoms with Crippen LogP contribution in [0.1, 0.15) is 5.56 Å². The van der Waals surface area contributed by atoms with Crippen molar-refractivity contribution >= 4 is 27.3 Å². The molecule has 0 heterocycles. The van der Waals surface area contributed by atoms with Gasteiger partial charge in [0.2, 0.25) is 0 Å². The largest absolute Gasteiger partial charge is 0.573 e. The summed E-state index contributed by atoms with van der Waals surface area (Å²) in [6.45, 7) is 0. The molecule has 0 saturated heterocycles. The number of rotatable bonds is 3. The van der Waals surface area contributed by atoms with Gasteiger partial charge in [-0.15, -0.1) is 13.2 Å². The third-order valence-corrected chi connectivity index (χ3v) is 2.94. The van der Waals surface area contributed by atoms with E-state index in [1.807, 2.05) is 6.07 Å². The summed E-state index contributed by atoms with van der Waals surface area (Å²) >= 11 is 3.24. The maximum absolute atomic E-state index is 12.2. The molecule has 0 bridgehead atoms. The van der Waals surface area contributed by atoms with E-state index in [9.17, 15) is 13.2 Å². The molecule has 0 amide bonds. The number of hydrogen-bond donors (Lipinski definition) is 1. The molecule has 0 spiro atoms. The van der Waals surface area contributed by atoms with E-state index >= 15 is 0 Å². The van der Waals surface area contributed by atoms with Gasteiger partial charge < -0.3 is 10.1 Å². The van der Waals surface area contributed by atoms with Gasteiger partial charge in [0.25, 0.3) is 0 Å². The first-order valence-corrected chi connectivity index (χ1v) is 6.49. The molecule has 2 aromatic carbocycles. The lowest BCUT2D eigenvalue weighted by Gasteiger charge is -2.12. The minimum atomic E-state index is -4.74. The summed E-state index contributed by atoms with van der Waals surface area (Å²) in [4.78, 5) is 0. The predicted molar refractivity (Wildman–Crippen MR) is 75.3 cm³/mol. The fourth-order valence-electron chi connectivity index (χ4n) is 1.64. The Morgan fingerprint density at radius 2 is 1.90 bits per heavy atom. The molecule has 0 radical (unpaired) electrons. The molecule has 3 nitrogen and oxygen atoms in total. The normalized spacial score (nSPS) is 10.8. The molecule has 0 fully saturated rings. The zero-order chi connectivity index (χ0) is 15.5. The van der Waals surface area contributed by atoms with Crippen LogP contribution in [-0.4, -0.2) is 6.36 Å². The molecule has 0 saturated carbocycles. The molecular formula is C14H8BrF3N2O. The molecule has 0 unspecified atom stereocenters. The van der Waals surface area contributed by atoms with Crippen molar-refractivity contribution in [2.45, 2.75) is 6.36 Å². The molecule has 0 aliphatic heterocycles. The highest BCUT2D eigenvalue weighted by Crippen LogP contribution is 2.28. The Kier molecular flexibility index (Phi) is 4.38. The van der Waals surface area contributed by atoms with Crippen molar-refractivity contribution in [3.8, 4) is 11.8 Å². The summed E-state index contributed by atoms with van der Waals surface area (Å²) in [5, 5.41) is 11.9. The third kappa shape index (κ3) is 4.39. The van der Waals surface area contributed by atoms with E-state index in [2.05, 4.69) is 26.0 Å². The number of anilines is 2. The SMILES string of the molecule is N#Cc1cc(Br)ccc1Nc1cccc(OC(F)(F)F)c1. The fraction of sp³-hybridized carbons (Fsp3) is 0.0714. The summed E-state index contributed by atoms with van der Waals surface area (Å²) in [6.07, 6.45) is -4.74. The molecule has 0 aliphatic carbocycles. The van der Waals surface area contributed by atoms with Crippen LogP contribution >= 0.6 is 15.9 Å². The first-order valence-electron chi connectivity index (χ1n) is 5.70. The molecule has 2 aromatic rings. The summed E-state index contributed by atoms with van der Waals surface area (Å²) in [7, 11) is 0. The van der Waals surface area contributed by atoms with Crippen molar-refractivity contribution in [1.29, 1.82) is 5.26 Å². The first kappa shape index (κ1) is 15.2. The maximum Gasteiger partial charge on any atom is 0.573 e. The lowest BCUT2D eigenvalue weighted by molar-refractivity contribution is -0.274. The van der Waals surface area contributed by atoms with Crippen molar-refractivity contribution in [2.24, 2.45) is 0 Å². The fourth-order valence-corrected chi connectivity index (χ4v) is 2.01. The Balaban J connectivity index is 2.25. The molecule has 2 rings (SSSR count). The zero-order valence-electron chi connectivity index (χ0n) is 10.4. The minimum Gasteiger partial charge on any atom is -0.406 e. The summed E-state index contributed by atoms with van der Waals surface area (Å²) in [5.41, 5.74) is 1.24. The number of nitriles is 1. The molecule has 108 valence electrons. The van der Waals surface area contributed by atoms with E-state index in [0.29, 0.717) is 16.9 Å². The van der Waals surface area contributed by atoms with Gasteiger partial charge in [0, 0.05) is 16.2 Å². The Morgan fingerprint density at radius 3 is 2.57 bits per heavy atom. The van der Waals surface area contributed by atoms with Gasteiger partial charge in [-0.1, -0.05) is 22.0 Å². The van der Waals surface area contributed by atoms with Gasteiger partial charge in [-0.2, -0.15) is 5.26 Å². The van der Waals surface area contributed by atoms with E-state index < -0.39 is 6.36 Å². The van der Waals surface area contributed by atoms with E-state index in [4.69, 9.17) is 5.26 Å². The summed E-state index contributed by atoms with van der Waals surface area (Å²) in [6, 6.07) is 12.4. The van der Waals surface area contributed by atoms with Gasteiger partial charge in [-0.05, 0) is 30.3 Å². The summed E-state index contributed by atoms with van der Waals surface area (Å²) < 4.78 is 41.1. The number of nitrogens with zero attached hydrogens (tertiary/aromatic N) is 1. The lowest BCUT2D eigenvalue weighted by Crippen LogP contribution is -2.17. The number of ether oxygens (including phenoxy) is 1. The van der Waals surface area contributed by atoms with Gasteiger partial charge in [0.1, 0.15) is 11.8 Å². The average molecular weight is 357 g/mol. The van der Waals surface area contributed by atoms with E-state index in [0.717, 1.165) is 4.47 Å². The third-order valence-electron chi connectivity index (χ3n) is 2.45. The van der Waals surface area contributed by atoms with E-state index in [1.165, 1.54) is 18.2 Å². The van der Waals surface area contributed by atoms with Gasteiger partial charge in [0.15, 0.2) is 0 Å². The Hall–Kier alpha value is -2.20. The Bertz CT molecular complexity index is 695. The van der Waals surface area contributed by atoms with Gasteiger partial charge in [-0.3, -0.25) is 0 Å². The quantitative estimate of drug-likeness (QED) is 0.844. The van der Waals surface area contributed by atoms with Crippen molar-refractivity contribution < 1.29 is 17.9 Å². The second kappa shape index (κ2) is 6.06. The average Bonchev–Trinajstić information content (AvgIpc) is 2.39. The Morgan fingerprint density at radius 1 is 1.14 bits per heavy atom. The van der Waals surface area contributed by atoms with Crippen molar-refractivity contribution in [2.75, 3.05) is 5.32 Å². The molecular weight excluding hydrogens is 349 g/mol. The molecule has 7 heteroatoms. The number of alkyl halides is 3. The van der Waals surface area contributed by atoms with Crippen LogP contribution in [0.4, 0.5) is 24.5 Å². The van der Waals surface area contributed by atoms with Gasteiger partial charge in [-0.25, -0.2) is 0 Å². The molecule has 21 heavy (non-hydrogen) atoms. The first-order chi connectivity index (χ1) is 9.87. The van der Waals surface area contributed by atoms with Gasteiger partial charge in [0.05, 0.1) is 11.3 Å². The van der Waals surface area contributed by atoms with Crippen molar-refractivity contribution in [1.82, 2.24) is 0 Å². The van der Waals surface area contributed by atoms with Crippen LogP contribution in [0.2, 0.25) is 0 Å². The lowest BCUT2D eigenvalue weighted by atomic mass is 10.2. The topological polar surface area (TPSA) is 45.0 Å². The smallest absolute Gasteiger partial charge is 0.406 e. The molecule has 0 aromatic heterocycles. The Labute approximate surface area is 127 Å². The van der Waals surface area contributed by atoms with Crippen LogP contribution in [-0.2, 0) is 0 Å². The van der Waals surface area contributed by atoms with Crippen molar-refractivity contribution in [3.05, 3.63) is 52.5 Å². The van der Waals surface area contributed by atoms with Crippen LogP contribution in [0, 0.1) is 11.3 Å². The summed E-state index contributed by atoms with van der Waals surface area (Å²) in [5.74, 6) is -0.330. The van der Waals surface area contributed by atoms with E-state index in [-0.39, 0.29) is 5.75 Å². The zero-order valence-corrected chi connectivity index (χ0v) is 12.0. The molecule has 0 aliphatic rings. The number of benzene rings is 2. The highest BCUT2D eigenvalue weighted by atomic mass is 79.9.